The van der Waals surface area contributed by atoms with Crippen LogP contribution in [-0.4, -0.2) is 25.1 Å². The van der Waals surface area contributed by atoms with Gasteiger partial charge in [0.2, 0.25) is 0 Å². The molecule has 78 valence electrons. The van der Waals surface area contributed by atoms with E-state index in [1.54, 1.807) is 0 Å². The monoisotopic (exact) mass is 193 g/mol. The fourth-order valence-electron chi connectivity index (χ4n) is 1.57. The van der Waals surface area contributed by atoms with Crippen molar-refractivity contribution in [2.75, 3.05) is 25.0 Å². The molecule has 0 aliphatic carbocycles. The van der Waals surface area contributed by atoms with Crippen LogP contribution in [0.1, 0.15) is 19.4 Å². The van der Waals surface area contributed by atoms with Crippen molar-refractivity contribution in [3.8, 4) is 0 Å². The minimum Gasteiger partial charge on any atom is -0.357 e. The first-order chi connectivity index (χ1) is 6.83. The molecule has 1 aromatic heterocycles. The van der Waals surface area contributed by atoms with E-state index in [4.69, 9.17) is 0 Å². The minimum atomic E-state index is 0.875. The van der Waals surface area contributed by atoms with E-state index in [-0.39, 0.29) is 0 Å². The number of hydrogen-bond acceptors (Lipinski definition) is 3. The summed E-state index contributed by atoms with van der Waals surface area (Å²) >= 11 is 0. The van der Waals surface area contributed by atoms with E-state index >= 15 is 0 Å². The van der Waals surface area contributed by atoms with Gasteiger partial charge in [0, 0.05) is 31.4 Å². The summed E-state index contributed by atoms with van der Waals surface area (Å²) in [5, 5.41) is 3.16. The number of aromatic nitrogens is 1. The first-order valence-electron chi connectivity index (χ1n) is 5.16. The molecule has 1 heterocycles. The Bertz CT molecular complexity index is 269. The fourth-order valence-corrected chi connectivity index (χ4v) is 1.57. The van der Waals surface area contributed by atoms with E-state index in [1.165, 1.54) is 5.56 Å². The number of nitrogens with zero attached hydrogens (tertiary/aromatic N) is 2. The van der Waals surface area contributed by atoms with Crippen molar-refractivity contribution < 1.29 is 0 Å². The molecule has 0 bridgehead atoms. The van der Waals surface area contributed by atoms with Crippen LogP contribution in [-0.2, 0) is 6.54 Å². The lowest BCUT2D eigenvalue weighted by Crippen LogP contribution is -2.25. The van der Waals surface area contributed by atoms with Crippen LogP contribution in [0.4, 0.5) is 5.82 Å². The maximum atomic E-state index is 4.43. The van der Waals surface area contributed by atoms with Crippen LogP contribution in [0.25, 0.3) is 0 Å². The maximum Gasteiger partial charge on any atom is 0.132 e. The Morgan fingerprint density at radius 3 is 2.64 bits per heavy atom. The van der Waals surface area contributed by atoms with Gasteiger partial charge in [0.25, 0.3) is 0 Å². The number of nitrogens with one attached hydrogen (secondary N) is 1. The Morgan fingerprint density at radius 2 is 2.07 bits per heavy atom. The zero-order chi connectivity index (χ0) is 10.4. The van der Waals surface area contributed by atoms with Gasteiger partial charge >= 0.3 is 0 Å². The second-order valence-electron chi connectivity index (χ2n) is 3.19. The van der Waals surface area contributed by atoms with Crippen molar-refractivity contribution >= 4 is 5.82 Å². The average Bonchev–Trinajstić information content (AvgIpc) is 2.23. The molecule has 0 fully saturated rings. The summed E-state index contributed by atoms with van der Waals surface area (Å²) in [5.74, 6) is 1.10. The first-order valence-corrected chi connectivity index (χ1v) is 5.16. The van der Waals surface area contributed by atoms with Crippen LogP contribution in [0.3, 0.4) is 0 Å². The Kier molecular flexibility index (Phi) is 4.40. The molecule has 0 unspecified atom stereocenters. The van der Waals surface area contributed by atoms with Gasteiger partial charge in [-0.3, -0.25) is 0 Å². The predicted molar refractivity (Wildman–Crippen MR) is 60.6 cm³/mol. The highest BCUT2D eigenvalue weighted by atomic mass is 15.2. The van der Waals surface area contributed by atoms with Gasteiger partial charge in [0.05, 0.1) is 0 Å². The average molecular weight is 193 g/mol. The number of anilines is 1. The smallest absolute Gasteiger partial charge is 0.132 e. The highest BCUT2D eigenvalue weighted by Crippen LogP contribution is 2.16. The van der Waals surface area contributed by atoms with Crippen LogP contribution in [0.15, 0.2) is 18.3 Å². The van der Waals surface area contributed by atoms with Gasteiger partial charge in [-0.2, -0.15) is 0 Å². The van der Waals surface area contributed by atoms with Gasteiger partial charge in [-0.15, -0.1) is 0 Å². The van der Waals surface area contributed by atoms with Crippen molar-refractivity contribution in [2.24, 2.45) is 0 Å². The van der Waals surface area contributed by atoms with E-state index in [0.717, 1.165) is 25.5 Å². The normalized spacial score (nSPS) is 10.2. The standard InChI is InChI=1S/C11H19N3/c1-4-14(5-2)11-10(9-12-3)7-6-8-13-11/h6-8,12H,4-5,9H2,1-3H3. The lowest BCUT2D eigenvalue weighted by molar-refractivity contribution is 0.783. The summed E-state index contributed by atoms with van der Waals surface area (Å²) in [6.07, 6.45) is 1.85. The second-order valence-corrected chi connectivity index (χ2v) is 3.19. The van der Waals surface area contributed by atoms with Crippen molar-refractivity contribution in [1.29, 1.82) is 0 Å². The molecule has 1 aromatic rings. The molecular weight excluding hydrogens is 174 g/mol. The molecule has 14 heavy (non-hydrogen) atoms. The van der Waals surface area contributed by atoms with Crippen LogP contribution >= 0.6 is 0 Å². The SMILES string of the molecule is CCN(CC)c1ncccc1CNC. The van der Waals surface area contributed by atoms with Gasteiger partial charge in [0.15, 0.2) is 0 Å². The molecule has 0 saturated carbocycles. The molecule has 1 rings (SSSR count). The fraction of sp³-hybridized carbons (Fsp3) is 0.545. The summed E-state index contributed by atoms with van der Waals surface area (Å²) in [6.45, 7) is 7.19. The molecule has 0 aromatic carbocycles. The molecule has 0 radical (unpaired) electrons. The molecule has 0 atom stereocenters. The topological polar surface area (TPSA) is 28.2 Å². The maximum absolute atomic E-state index is 4.43. The van der Waals surface area contributed by atoms with Gasteiger partial charge in [-0.05, 0) is 27.0 Å². The largest absolute Gasteiger partial charge is 0.357 e. The Morgan fingerprint density at radius 1 is 1.36 bits per heavy atom. The highest BCUT2D eigenvalue weighted by molar-refractivity contribution is 5.46. The van der Waals surface area contributed by atoms with E-state index in [0.29, 0.717) is 0 Å². The predicted octanol–water partition coefficient (Wildman–Crippen LogP) is 1.65. The number of pyridine rings is 1. The summed E-state index contributed by atoms with van der Waals surface area (Å²) in [7, 11) is 1.96. The third-order valence-corrected chi connectivity index (χ3v) is 2.30. The Labute approximate surface area is 86.2 Å². The van der Waals surface area contributed by atoms with Crippen LogP contribution in [0.5, 0.6) is 0 Å². The minimum absolute atomic E-state index is 0.875. The van der Waals surface area contributed by atoms with Gasteiger partial charge in [-0.25, -0.2) is 4.98 Å². The van der Waals surface area contributed by atoms with Gasteiger partial charge in [0.1, 0.15) is 5.82 Å². The van der Waals surface area contributed by atoms with E-state index in [1.807, 2.05) is 19.3 Å². The van der Waals surface area contributed by atoms with E-state index in [9.17, 15) is 0 Å². The molecule has 3 nitrogen and oxygen atoms in total. The Balaban J connectivity index is 2.92. The van der Waals surface area contributed by atoms with Crippen LogP contribution in [0.2, 0.25) is 0 Å². The molecule has 3 heteroatoms. The number of rotatable bonds is 5. The number of hydrogen-bond donors (Lipinski definition) is 1. The molecule has 0 aliphatic heterocycles. The molecule has 1 N–H and O–H groups in total. The molecule has 0 spiro atoms. The zero-order valence-corrected chi connectivity index (χ0v) is 9.25. The first kappa shape index (κ1) is 11.0. The highest BCUT2D eigenvalue weighted by Gasteiger charge is 2.07. The van der Waals surface area contributed by atoms with Crippen molar-refractivity contribution in [3.63, 3.8) is 0 Å². The van der Waals surface area contributed by atoms with E-state index < -0.39 is 0 Å². The Hall–Kier alpha value is -1.09. The third kappa shape index (κ3) is 2.45. The third-order valence-electron chi connectivity index (χ3n) is 2.30. The van der Waals surface area contributed by atoms with E-state index in [2.05, 4.69) is 35.1 Å². The van der Waals surface area contributed by atoms with Gasteiger partial charge in [-0.1, -0.05) is 6.07 Å². The molecular formula is C11H19N3. The van der Waals surface area contributed by atoms with Crippen molar-refractivity contribution in [3.05, 3.63) is 23.9 Å². The quantitative estimate of drug-likeness (QED) is 0.770. The van der Waals surface area contributed by atoms with Crippen LogP contribution < -0.4 is 10.2 Å². The lowest BCUT2D eigenvalue weighted by atomic mass is 10.2. The van der Waals surface area contributed by atoms with Crippen LogP contribution in [0, 0.1) is 0 Å². The van der Waals surface area contributed by atoms with Crippen molar-refractivity contribution in [1.82, 2.24) is 10.3 Å². The molecule has 0 aliphatic rings. The van der Waals surface area contributed by atoms with Gasteiger partial charge < -0.3 is 10.2 Å². The summed E-state index contributed by atoms with van der Waals surface area (Å²) < 4.78 is 0. The van der Waals surface area contributed by atoms with Crippen molar-refractivity contribution in [2.45, 2.75) is 20.4 Å². The summed E-state index contributed by atoms with van der Waals surface area (Å²) in [5.41, 5.74) is 1.26. The molecule has 0 saturated heterocycles. The second kappa shape index (κ2) is 5.60. The summed E-state index contributed by atoms with van der Waals surface area (Å²) in [4.78, 5) is 6.70. The zero-order valence-electron chi connectivity index (χ0n) is 9.25. The summed E-state index contributed by atoms with van der Waals surface area (Å²) in [6, 6.07) is 4.11. The lowest BCUT2D eigenvalue weighted by Gasteiger charge is -2.22. The molecule has 0 amide bonds.